The first kappa shape index (κ1) is 19.8. The van der Waals surface area contributed by atoms with Crippen LogP contribution in [0.5, 0.6) is 0 Å². The van der Waals surface area contributed by atoms with Crippen LogP contribution in [0, 0.1) is 17.6 Å². The fourth-order valence-corrected chi connectivity index (χ4v) is 2.83. The standard InChI is InChI=1S/C18H23F2N3O3/c1-10-3-4-16(24)21-9-15(10)23-18(26)11(2)22-17(25)7-12-5-13(19)8-14(20)6-12/h5-6,8,10-11,15H,3-4,7,9H2,1-2H3,(H,21,24)(H,22,25)(H,23,26)/t10?,11-,15?/m0/s1. The maximum Gasteiger partial charge on any atom is 0.242 e. The molecule has 1 aliphatic heterocycles. The molecule has 142 valence electrons. The van der Waals surface area contributed by atoms with E-state index < -0.39 is 23.6 Å². The lowest BCUT2D eigenvalue weighted by Crippen LogP contribution is -2.52. The molecule has 3 N–H and O–H groups in total. The summed E-state index contributed by atoms with van der Waals surface area (Å²) in [6.45, 7) is 3.82. The van der Waals surface area contributed by atoms with E-state index in [1.165, 1.54) is 6.92 Å². The van der Waals surface area contributed by atoms with Crippen molar-refractivity contribution in [2.24, 2.45) is 5.92 Å². The van der Waals surface area contributed by atoms with E-state index in [-0.39, 0.29) is 35.8 Å². The van der Waals surface area contributed by atoms with Crippen LogP contribution in [0.4, 0.5) is 8.78 Å². The Balaban J connectivity index is 1.87. The Morgan fingerprint density at radius 2 is 1.92 bits per heavy atom. The van der Waals surface area contributed by atoms with E-state index >= 15 is 0 Å². The lowest BCUT2D eigenvalue weighted by molar-refractivity contribution is -0.128. The van der Waals surface area contributed by atoms with Gasteiger partial charge in [-0.05, 0) is 37.0 Å². The predicted molar refractivity (Wildman–Crippen MR) is 91.0 cm³/mol. The van der Waals surface area contributed by atoms with Gasteiger partial charge < -0.3 is 16.0 Å². The van der Waals surface area contributed by atoms with Crippen LogP contribution < -0.4 is 16.0 Å². The topological polar surface area (TPSA) is 87.3 Å². The molecule has 1 aromatic rings. The quantitative estimate of drug-likeness (QED) is 0.727. The molecular formula is C18H23F2N3O3. The van der Waals surface area contributed by atoms with Crippen molar-refractivity contribution in [1.29, 1.82) is 0 Å². The van der Waals surface area contributed by atoms with Crippen LogP contribution in [-0.4, -0.2) is 36.3 Å². The van der Waals surface area contributed by atoms with Gasteiger partial charge in [-0.15, -0.1) is 0 Å². The summed E-state index contributed by atoms with van der Waals surface area (Å²) in [5, 5.41) is 8.08. The predicted octanol–water partition coefficient (Wildman–Crippen LogP) is 1.04. The number of nitrogens with one attached hydrogen (secondary N) is 3. The molecule has 2 rings (SSSR count). The minimum Gasteiger partial charge on any atom is -0.354 e. The molecule has 1 aromatic carbocycles. The molecule has 26 heavy (non-hydrogen) atoms. The van der Waals surface area contributed by atoms with E-state index in [1.807, 2.05) is 6.92 Å². The van der Waals surface area contributed by atoms with Crippen LogP contribution in [0.15, 0.2) is 18.2 Å². The third-order valence-corrected chi connectivity index (χ3v) is 4.42. The number of carbonyl (C=O) groups excluding carboxylic acids is 3. The van der Waals surface area contributed by atoms with Gasteiger partial charge in [-0.3, -0.25) is 14.4 Å². The van der Waals surface area contributed by atoms with Crippen LogP contribution >= 0.6 is 0 Å². The van der Waals surface area contributed by atoms with E-state index in [2.05, 4.69) is 16.0 Å². The molecule has 1 saturated heterocycles. The second-order valence-corrected chi connectivity index (χ2v) is 6.68. The highest BCUT2D eigenvalue weighted by Crippen LogP contribution is 2.14. The first-order valence-electron chi connectivity index (χ1n) is 8.56. The van der Waals surface area contributed by atoms with Crippen molar-refractivity contribution < 1.29 is 23.2 Å². The number of hydrogen-bond acceptors (Lipinski definition) is 3. The maximum atomic E-state index is 13.2. The summed E-state index contributed by atoms with van der Waals surface area (Å²) in [7, 11) is 0. The average Bonchev–Trinajstić information content (AvgIpc) is 2.69. The zero-order chi connectivity index (χ0) is 19.3. The number of rotatable bonds is 5. The molecule has 0 spiro atoms. The highest BCUT2D eigenvalue weighted by Gasteiger charge is 2.26. The Hall–Kier alpha value is -2.51. The molecule has 8 heteroatoms. The van der Waals surface area contributed by atoms with Crippen molar-refractivity contribution in [2.45, 2.75) is 45.2 Å². The van der Waals surface area contributed by atoms with Gasteiger partial charge in [0.05, 0.1) is 6.42 Å². The van der Waals surface area contributed by atoms with E-state index in [1.54, 1.807) is 0 Å². The van der Waals surface area contributed by atoms with Crippen LogP contribution in [0.25, 0.3) is 0 Å². The summed E-state index contributed by atoms with van der Waals surface area (Å²) in [5.41, 5.74) is 0.188. The minimum atomic E-state index is -0.813. The Morgan fingerprint density at radius 3 is 2.58 bits per heavy atom. The van der Waals surface area contributed by atoms with E-state index in [4.69, 9.17) is 0 Å². The molecule has 0 aromatic heterocycles. The second-order valence-electron chi connectivity index (χ2n) is 6.68. The van der Waals surface area contributed by atoms with Crippen LogP contribution in [-0.2, 0) is 20.8 Å². The summed E-state index contributed by atoms with van der Waals surface area (Å²) in [6, 6.07) is 1.84. The molecule has 3 atom stereocenters. The molecule has 2 unspecified atom stereocenters. The van der Waals surface area contributed by atoms with Crippen molar-refractivity contribution in [3.63, 3.8) is 0 Å². The van der Waals surface area contributed by atoms with Gasteiger partial charge in [0.2, 0.25) is 17.7 Å². The van der Waals surface area contributed by atoms with Crippen LogP contribution in [0.1, 0.15) is 32.3 Å². The van der Waals surface area contributed by atoms with Crippen molar-refractivity contribution in [1.82, 2.24) is 16.0 Å². The number of halogens is 2. The molecule has 0 radical (unpaired) electrons. The van der Waals surface area contributed by atoms with Gasteiger partial charge in [0.25, 0.3) is 0 Å². The minimum absolute atomic E-state index is 0.0442. The summed E-state index contributed by atoms with van der Waals surface area (Å²) < 4.78 is 26.3. The average molecular weight is 367 g/mol. The first-order valence-corrected chi connectivity index (χ1v) is 8.56. The van der Waals surface area contributed by atoms with Gasteiger partial charge >= 0.3 is 0 Å². The lowest BCUT2D eigenvalue weighted by atomic mass is 9.97. The largest absolute Gasteiger partial charge is 0.354 e. The molecule has 0 bridgehead atoms. The monoisotopic (exact) mass is 367 g/mol. The van der Waals surface area contributed by atoms with E-state index in [9.17, 15) is 23.2 Å². The van der Waals surface area contributed by atoms with Crippen LogP contribution in [0.3, 0.4) is 0 Å². The summed E-state index contributed by atoms with van der Waals surface area (Å²) in [6.07, 6.45) is 0.856. The molecule has 0 aliphatic carbocycles. The van der Waals surface area contributed by atoms with Crippen molar-refractivity contribution in [2.75, 3.05) is 6.54 Å². The van der Waals surface area contributed by atoms with Crippen molar-refractivity contribution >= 4 is 17.7 Å². The molecule has 6 nitrogen and oxygen atoms in total. The molecule has 0 saturated carbocycles. The Bertz CT molecular complexity index is 676. The summed E-state index contributed by atoms with van der Waals surface area (Å²) in [4.78, 5) is 35.7. The molecule has 1 aliphatic rings. The molecule has 1 heterocycles. The normalized spacial score (nSPS) is 21.3. The van der Waals surface area contributed by atoms with Crippen molar-refractivity contribution in [3.05, 3.63) is 35.4 Å². The van der Waals surface area contributed by atoms with Gasteiger partial charge in [-0.1, -0.05) is 6.92 Å². The molecular weight excluding hydrogens is 344 g/mol. The Morgan fingerprint density at radius 1 is 1.27 bits per heavy atom. The number of benzene rings is 1. The molecule has 3 amide bonds. The zero-order valence-corrected chi connectivity index (χ0v) is 14.8. The fourth-order valence-electron chi connectivity index (χ4n) is 2.83. The Kier molecular flexibility index (Phi) is 6.65. The van der Waals surface area contributed by atoms with Gasteiger partial charge in [-0.25, -0.2) is 8.78 Å². The van der Waals surface area contributed by atoms with Gasteiger partial charge in [0.15, 0.2) is 0 Å². The highest BCUT2D eigenvalue weighted by molar-refractivity contribution is 5.88. The van der Waals surface area contributed by atoms with E-state index in [0.717, 1.165) is 18.2 Å². The van der Waals surface area contributed by atoms with Gasteiger partial charge in [0.1, 0.15) is 17.7 Å². The maximum absolute atomic E-state index is 13.2. The zero-order valence-electron chi connectivity index (χ0n) is 14.8. The number of carbonyl (C=O) groups is 3. The lowest BCUT2D eigenvalue weighted by Gasteiger charge is -2.24. The second kappa shape index (κ2) is 8.73. The summed E-state index contributed by atoms with van der Waals surface area (Å²) in [5.74, 6) is -2.34. The smallest absolute Gasteiger partial charge is 0.242 e. The number of amides is 3. The first-order chi connectivity index (χ1) is 12.2. The van der Waals surface area contributed by atoms with Crippen LogP contribution in [0.2, 0.25) is 0 Å². The third kappa shape index (κ3) is 5.79. The van der Waals surface area contributed by atoms with Gasteiger partial charge in [-0.2, -0.15) is 0 Å². The van der Waals surface area contributed by atoms with E-state index in [0.29, 0.717) is 19.4 Å². The Labute approximate surface area is 150 Å². The third-order valence-electron chi connectivity index (χ3n) is 4.42. The highest BCUT2D eigenvalue weighted by atomic mass is 19.1. The number of hydrogen-bond donors (Lipinski definition) is 3. The fraction of sp³-hybridized carbons (Fsp3) is 0.500. The molecule has 1 fully saturated rings. The SMILES string of the molecule is CC1CCC(=O)NCC1NC(=O)[C@H](C)NC(=O)Cc1cc(F)cc(F)c1. The summed E-state index contributed by atoms with van der Waals surface area (Å²) >= 11 is 0. The van der Waals surface area contributed by atoms with Crippen molar-refractivity contribution in [3.8, 4) is 0 Å². The van der Waals surface area contributed by atoms with Gasteiger partial charge in [0, 0.05) is 25.1 Å².